The minimum Gasteiger partial charge on any atom is -0.379 e. The molecule has 0 saturated carbocycles. The minimum absolute atomic E-state index is 0.00776. The highest BCUT2D eigenvalue weighted by molar-refractivity contribution is 7.86. The van der Waals surface area contributed by atoms with Crippen LogP contribution in [0.3, 0.4) is 0 Å². The van der Waals surface area contributed by atoms with Crippen molar-refractivity contribution in [2.45, 2.75) is 64.5 Å². The third-order valence-corrected chi connectivity index (χ3v) is 8.65. The van der Waals surface area contributed by atoms with E-state index in [1.54, 1.807) is 0 Å². The number of morpholine rings is 1. The first-order valence-corrected chi connectivity index (χ1v) is 12.7. The Balaban J connectivity index is 1.43. The zero-order valence-electron chi connectivity index (χ0n) is 18.0. The topological polar surface area (TPSA) is 82.2 Å². The predicted octanol–water partition coefficient (Wildman–Crippen LogP) is 1.04. The van der Waals surface area contributed by atoms with E-state index in [0.717, 1.165) is 25.8 Å². The number of ether oxygens (including phenoxy) is 1. The molecule has 3 fully saturated rings. The molecular weight excluding hydrogens is 392 g/mol. The fourth-order valence-electron chi connectivity index (χ4n) is 4.84. The van der Waals surface area contributed by atoms with Gasteiger partial charge in [0.15, 0.2) is 0 Å². The lowest BCUT2D eigenvalue weighted by molar-refractivity contribution is -0.126. The summed E-state index contributed by atoms with van der Waals surface area (Å²) in [5.74, 6) is -0.265. The molecule has 3 saturated heterocycles. The first-order valence-electron chi connectivity index (χ1n) is 11.3. The van der Waals surface area contributed by atoms with Crippen LogP contribution >= 0.6 is 0 Å². The largest absolute Gasteiger partial charge is 0.379 e. The zero-order chi connectivity index (χ0) is 20.9. The highest BCUT2D eigenvalue weighted by Crippen LogP contribution is 2.23. The van der Waals surface area contributed by atoms with Crippen LogP contribution < -0.4 is 5.32 Å². The number of carbonyl (C=O) groups is 1. The van der Waals surface area contributed by atoms with E-state index in [1.807, 2.05) is 0 Å². The van der Waals surface area contributed by atoms with Gasteiger partial charge in [-0.15, -0.1) is 0 Å². The highest BCUT2D eigenvalue weighted by atomic mass is 32.2. The molecule has 3 atom stereocenters. The van der Waals surface area contributed by atoms with Crippen molar-refractivity contribution in [3.05, 3.63) is 0 Å². The Morgan fingerprint density at radius 3 is 2.38 bits per heavy atom. The van der Waals surface area contributed by atoms with E-state index in [-0.39, 0.29) is 18.4 Å². The smallest absolute Gasteiger partial charge is 0.282 e. The van der Waals surface area contributed by atoms with E-state index in [4.69, 9.17) is 4.74 Å². The molecule has 3 heterocycles. The molecule has 29 heavy (non-hydrogen) atoms. The fourth-order valence-corrected chi connectivity index (χ4v) is 6.50. The summed E-state index contributed by atoms with van der Waals surface area (Å²) in [6, 6.07) is 1.23. The van der Waals surface area contributed by atoms with E-state index in [0.29, 0.717) is 51.5 Å². The summed E-state index contributed by atoms with van der Waals surface area (Å²) < 4.78 is 34.0. The van der Waals surface area contributed by atoms with Gasteiger partial charge in [0.25, 0.3) is 10.2 Å². The van der Waals surface area contributed by atoms with Gasteiger partial charge >= 0.3 is 0 Å². The van der Waals surface area contributed by atoms with Crippen LogP contribution in [0.2, 0.25) is 0 Å². The zero-order valence-corrected chi connectivity index (χ0v) is 18.8. The van der Waals surface area contributed by atoms with Crippen LogP contribution in [0.15, 0.2) is 0 Å². The molecule has 1 N–H and O–H groups in total. The summed E-state index contributed by atoms with van der Waals surface area (Å²) in [7, 11) is -3.50. The molecule has 0 aromatic rings. The molecule has 3 aliphatic rings. The van der Waals surface area contributed by atoms with E-state index in [1.165, 1.54) is 27.9 Å². The van der Waals surface area contributed by atoms with E-state index in [9.17, 15) is 13.2 Å². The maximum absolute atomic E-state index is 12.9. The summed E-state index contributed by atoms with van der Waals surface area (Å²) >= 11 is 0. The van der Waals surface area contributed by atoms with Crippen molar-refractivity contribution in [1.82, 2.24) is 18.8 Å². The first-order chi connectivity index (χ1) is 13.9. The SMILES string of the molecule is C[C@@H]1CCC[C@H](C)N1CCCNC(=O)[C@@H]1CCCN(S(=O)(=O)N2CCOCC2)C1. The number of rotatable bonds is 7. The number of carbonyl (C=O) groups excluding carboxylic acids is 1. The van der Waals surface area contributed by atoms with Crippen molar-refractivity contribution in [2.75, 3.05) is 52.5 Å². The number of likely N-dealkylation sites (tertiary alicyclic amines) is 1. The number of nitrogens with zero attached hydrogens (tertiary/aromatic N) is 3. The Labute approximate surface area is 176 Å². The van der Waals surface area contributed by atoms with Gasteiger partial charge < -0.3 is 10.1 Å². The molecular formula is C20H38N4O4S. The predicted molar refractivity (Wildman–Crippen MR) is 113 cm³/mol. The van der Waals surface area contributed by atoms with Crippen LogP contribution in [-0.2, 0) is 19.7 Å². The third-order valence-electron chi connectivity index (χ3n) is 6.65. The van der Waals surface area contributed by atoms with Crippen molar-refractivity contribution < 1.29 is 17.9 Å². The van der Waals surface area contributed by atoms with Crippen molar-refractivity contribution in [1.29, 1.82) is 0 Å². The molecule has 3 rings (SSSR count). The quantitative estimate of drug-likeness (QED) is 0.611. The van der Waals surface area contributed by atoms with Crippen molar-refractivity contribution in [3.63, 3.8) is 0 Å². The van der Waals surface area contributed by atoms with Gasteiger partial charge in [0, 0.05) is 51.4 Å². The summed E-state index contributed by atoms with van der Waals surface area (Å²) in [6.45, 7) is 8.67. The van der Waals surface area contributed by atoms with Gasteiger partial charge in [0.05, 0.1) is 19.1 Å². The van der Waals surface area contributed by atoms with E-state index >= 15 is 0 Å². The highest BCUT2D eigenvalue weighted by Gasteiger charge is 2.36. The molecule has 0 aliphatic carbocycles. The van der Waals surface area contributed by atoms with Crippen LogP contribution in [-0.4, -0.2) is 92.4 Å². The van der Waals surface area contributed by atoms with Crippen LogP contribution in [0.5, 0.6) is 0 Å². The van der Waals surface area contributed by atoms with Gasteiger partial charge in [-0.1, -0.05) is 6.42 Å². The van der Waals surface area contributed by atoms with Gasteiger partial charge in [0.2, 0.25) is 5.91 Å². The molecule has 8 nitrogen and oxygen atoms in total. The molecule has 0 aromatic heterocycles. The molecule has 0 aromatic carbocycles. The number of piperidine rings is 2. The van der Waals surface area contributed by atoms with Gasteiger partial charge in [-0.25, -0.2) is 0 Å². The Hall–Kier alpha value is -0.740. The molecule has 0 unspecified atom stereocenters. The van der Waals surface area contributed by atoms with Crippen LogP contribution in [0.1, 0.15) is 52.4 Å². The van der Waals surface area contributed by atoms with Gasteiger partial charge in [0.1, 0.15) is 0 Å². The second-order valence-electron chi connectivity index (χ2n) is 8.73. The maximum Gasteiger partial charge on any atom is 0.282 e. The first kappa shape index (κ1) is 22.9. The number of nitrogens with one attached hydrogen (secondary N) is 1. The lowest BCUT2D eigenvalue weighted by Gasteiger charge is -2.39. The Morgan fingerprint density at radius 2 is 1.69 bits per heavy atom. The number of hydrogen-bond donors (Lipinski definition) is 1. The average molecular weight is 431 g/mol. The Kier molecular flexibility index (Phi) is 8.32. The summed E-state index contributed by atoms with van der Waals surface area (Å²) in [6.07, 6.45) is 6.23. The second kappa shape index (κ2) is 10.5. The molecule has 168 valence electrons. The normalized spacial score (nSPS) is 30.9. The van der Waals surface area contributed by atoms with Crippen LogP contribution in [0.25, 0.3) is 0 Å². The van der Waals surface area contributed by atoms with Crippen molar-refractivity contribution >= 4 is 16.1 Å². The molecule has 0 radical (unpaired) electrons. The monoisotopic (exact) mass is 430 g/mol. The van der Waals surface area contributed by atoms with Gasteiger partial charge in [-0.2, -0.15) is 17.0 Å². The van der Waals surface area contributed by atoms with Gasteiger partial charge in [-0.05, 0) is 46.0 Å². The molecule has 1 amide bonds. The van der Waals surface area contributed by atoms with E-state index in [2.05, 4.69) is 24.1 Å². The lowest BCUT2D eigenvalue weighted by Crippen LogP contribution is -2.53. The standard InChI is InChI=1S/C20H38N4O4S/c1-17-6-3-7-18(2)24(17)11-5-9-21-20(25)19-8-4-10-23(16-19)29(26,27)22-12-14-28-15-13-22/h17-19H,3-16H2,1-2H3,(H,21,25)/t17-,18+,19-/m1/s1. The van der Waals surface area contributed by atoms with Gasteiger partial charge in [-0.3, -0.25) is 9.69 Å². The Bertz CT molecular complexity index is 628. The number of amides is 1. The van der Waals surface area contributed by atoms with Crippen molar-refractivity contribution in [3.8, 4) is 0 Å². The fraction of sp³-hybridized carbons (Fsp3) is 0.950. The Morgan fingerprint density at radius 1 is 1.00 bits per heavy atom. The average Bonchev–Trinajstić information content (AvgIpc) is 2.73. The molecule has 9 heteroatoms. The van der Waals surface area contributed by atoms with Crippen molar-refractivity contribution in [2.24, 2.45) is 5.92 Å². The molecule has 0 bridgehead atoms. The maximum atomic E-state index is 12.9. The summed E-state index contributed by atoms with van der Waals surface area (Å²) in [4.78, 5) is 15.2. The van der Waals surface area contributed by atoms with E-state index < -0.39 is 10.2 Å². The molecule has 3 aliphatic heterocycles. The summed E-state index contributed by atoms with van der Waals surface area (Å²) in [5.41, 5.74) is 0. The minimum atomic E-state index is -3.50. The number of hydrogen-bond acceptors (Lipinski definition) is 5. The lowest BCUT2D eigenvalue weighted by atomic mass is 9.97. The van der Waals surface area contributed by atoms with Crippen LogP contribution in [0.4, 0.5) is 0 Å². The summed E-state index contributed by atoms with van der Waals surface area (Å²) in [5, 5.41) is 3.05. The second-order valence-corrected chi connectivity index (χ2v) is 10.7. The van der Waals surface area contributed by atoms with Crippen LogP contribution in [0, 0.1) is 5.92 Å². The molecule has 0 spiro atoms. The third kappa shape index (κ3) is 5.91.